The first-order valence-electron chi connectivity index (χ1n) is 14.9. The van der Waals surface area contributed by atoms with Crippen molar-refractivity contribution in [1.82, 2.24) is 4.98 Å². The number of aromatic nitrogens is 1. The van der Waals surface area contributed by atoms with Crippen LogP contribution < -0.4 is 20.5 Å². The first-order valence-corrected chi connectivity index (χ1v) is 16.4. The summed E-state index contributed by atoms with van der Waals surface area (Å²) in [5.41, 5.74) is 4.94. The largest absolute Gasteiger partial charge is 0.435 e. The van der Waals surface area contributed by atoms with Crippen molar-refractivity contribution in [2.75, 3.05) is 11.9 Å². The Morgan fingerprint density at radius 3 is 1.77 bits per heavy atom. The first kappa shape index (κ1) is 26.2. The van der Waals surface area contributed by atoms with Gasteiger partial charge in [0.2, 0.25) is 5.89 Å². The van der Waals surface area contributed by atoms with E-state index in [9.17, 15) is 0 Å². The number of nitrogens with zero attached hydrogens (tertiary/aromatic N) is 2. The lowest BCUT2D eigenvalue weighted by Crippen LogP contribution is -2.51. The van der Waals surface area contributed by atoms with Crippen LogP contribution in [0.1, 0.15) is 0 Å². The molecule has 0 bridgehead atoms. The van der Waals surface area contributed by atoms with Gasteiger partial charge in [0.15, 0.2) is 14.4 Å². The number of fused-ring (bicyclic) bond motifs is 5. The molecule has 0 unspecified atom stereocenters. The molecule has 1 radical (unpaired) electrons. The van der Waals surface area contributed by atoms with Crippen LogP contribution in [0.15, 0.2) is 162 Å². The Balaban J connectivity index is 1.19. The highest BCUT2D eigenvalue weighted by Crippen LogP contribution is 2.37. The van der Waals surface area contributed by atoms with Crippen molar-refractivity contribution >= 4 is 68.4 Å². The topological polar surface area (TPSA) is 29.3 Å². The van der Waals surface area contributed by atoms with E-state index in [0.717, 1.165) is 44.2 Å². The van der Waals surface area contributed by atoms with E-state index in [1.165, 1.54) is 20.9 Å². The molecule has 0 aliphatic rings. The van der Waals surface area contributed by atoms with Crippen LogP contribution in [0.3, 0.4) is 0 Å². The first-order chi connectivity index (χ1) is 21.7. The summed E-state index contributed by atoms with van der Waals surface area (Å²) in [6.45, 7) is 0. The molecule has 0 atom stereocenters. The number of benzene rings is 7. The van der Waals surface area contributed by atoms with E-state index in [1.54, 1.807) is 0 Å². The van der Waals surface area contributed by atoms with E-state index >= 15 is 0 Å². The molecule has 7 aromatic carbocycles. The number of hydrogen-bond acceptors (Lipinski definition) is 3. The van der Waals surface area contributed by atoms with Crippen LogP contribution in [0.5, 0.6) is 0 Å². The monoisotopic (exact) mass is 581 g/mol. The minimum absolute atomic E-state index is 0.644. The quantitative estimate of drug-likeness (QED) is 0.113. The molecular formula is C40H29N2OSi. The number of anilines is 2. The smallest absolute Gasteiger partial charge is 0.227 e. The Morgan fingerprint density at radius 1 is 0.545 bits per heavy atom. The predicted octanol–water partition coefficient (Wildman–Crippen LogP) is 8.09. The van der Waals surface area contributed by atoms with Crippen molar-refractivity contribution < 1.29 is 4.42 Å². The second-order valence-electron chi connectivity index (χ2n) is 11.1. The molecule has 0 fully saturated rings. The fourth-order valence-electron chi connectivity index (χ4n) is 6.13. The molecule has 0 aliphatic carbocycles. The standard InChI is InChI=1S/C40H29N2OSi/c1-42(31-22-24-35(25-23-31)44(33-13-7-3-8-14-33)34-15-9-4-10-16-34)32-21-19-28-17-18-29-20-26-37-39(38(29)36(28)27-32)43-40(41-37)30-11-5-2-6-12-30/h2-27H,1H3. The van der Waals surface area contributed by atoms with Gasteiger partial charge in [0.1, 0.15) is 5.52 Å². The summed E-state index contributed by atoms with van der Waals surface area (Å²) >= 11 is 0. The third-order valence-electron chi connectivity index (χ3n) is 8.41. The Hall–Kier alpha value is -5.45. The van der Waals surface area contributed by atoms with Crippen molar-refractivity contribution in [1.29, 1.82) is 0 Å². The number of oxazole rings is 1. The van der Waals surface area contributed by atoms with E-state index in [0.29, 0.717) is 5.89 Å². The van der Waals surface area contributed by atoms with Crippen LogP contribution in [0.25, 0.3) is 44.1 Å². The molecule has 0 N–H and O–H groups in total. The molecule has 8 aromatic rings. The van der Waals surface area contributed by atoms with Gasteiger partial charge in [-0.2, -0.15) is 0 Å². The summed E-state index contributed by atoms with van der Waals surface area (Å²) in [6.07, 6.45) is 0. The molecule has 3 nitrogen and oxygen atoms in total. The van der Waals surface area contributed by atoms with Crippen LogP contribution >= 0.6 is 0 Å². The van der Waals surface area contributed by atoms with Crippen molar-refractivity contribution in [3.63, 3.8) is 0 Å². The average molecular weight is 582 g/mol. The molecule has 209 valence electrons. The van der Waals surface area contributed by atoms with Crippen LogP contribution in [0.2, 0.25) is 0 Å². The molecule has 1 heterocycles. The maximum absolute atomic E-state index is 6.45. The second-order valence-corrected chi connectivity index (χ2v) is 13.6. The van der Waals surface area contributed by atoms with Gasteiger partial charge in [-0.05, 0) is 58.6 Å². The molecule has 0 saturated carbocycles. The van der Waals surface area contributed by atoms with Crippen LogP contribution in [0.4, 0.5) is 11.4 Å². The number of hydrogen-bond donors (Lipinski definition) is 0. The summed E-state index contributed by atoms with van der Waals surface area (Å²) in [6, 6.07) is 56.2. The minimum atomic E-state index is -1.11. The third-order valence-corrected chi connectivity index (χ3v) is 11.1. The van der Waals surface area contributed by atoms with Gasteiger partial charge in [0, 0.05) is 29.4 Å². The zero-order valence-electron chi connectivity index (χ0n) is 24.3. The average Bonchev–Trinajstić information content (AvgIpc) is 3.54. The molecule has 0 spiro atoms. The SMILES string of the molecule is CN(c1ccc([Si](c2ccccc2)c2ccccc2)cc1)c1ccc2ccc3ccc4nc(-c5ccccc5)oc4c3c2c1. The summed E-state index contributed by atoms with van der Waals surface area (Å²) in [4.78, 5) is 7.10. The zero-order chi connectivity index (χ0) is 29.5. The van der Waals surface area contributed by atoms with Gasteiger partial charge in [0.05, 0.1) is 0 Å². The summed E-state index contributed by atoms with van der Waals surface area (Å²) in [5, 5.41) is 8.72. The summed E-state index contributed by atoms with van der Waals surface area (Å²) in [5.74, 6) is 0.644. The minimum Gasteiger partial charge on any atom is -0.435 e. The van der Waals surface area contributed by atoms with Crippen molar-refractivity contribution in [3.05, 3.63) is 158 Å². The lowest BCUT2D eigenvalue weighted by atomic mass is 10.0. The molecule has 44 heavy (non-hydrogen) atoms. The predicted molar refractivity (Wildman–Crippen MR) is 187 cm³/mol. The van der Waals surface area contributed by atoms with Gasteiger partial charge in [-0.3, -0.25) is 0 Å². The molecule has 0 amide bonds. The van der Waals surface area contributed by atoms with E-state index < -0.39 is 8.80 Å². The van der Waals surface area contributed by atoms with E-state index in [-0.39, 0.29) is 0 Å². The second kappa shape index (κ2) is 11.0. The maximum atomic E-state index is 6.45. The number of rotatable bonds is 6. The van der Waals surface area contributed by atoms with Crippen molar-refractivity contribution in [3.8, 4) is 11.5 Å². The van der Waals surface area contributed by atoms with Crippen molar-refractivity contribution in [2.45, 2.75) is 0 Å². The van der Waals surface area contributed by atoms with Gasteiger partial charge >= 0.3 is 0 Å². The van der Waals surface area contributed by atoms with Gasteiger partial charge in [-0.25, -0.2) is 4.98 Å². The molecule has 0 saturated heterocycles. The lowest BCUT2D eigenvalue weighted by Gasteiger charge is -2.22. The zero-order valence-corrected chi connectivity index (χ0v) is 25.3. The highest BCUT2D eigenvalue weighted by atomic mass is 28.3. The maximum Gasteiger partial charge on any atom is 0.227 e. The molecule has 4 heteroatoms. The molecule has 1 aromatic heterocycles. The van der Waals surface area contributed by atoms with Crippen LogP contribution in [-0.2, 0) is 0 Å². The fourth-order valence-corrected chi connectivity index (χ4v) is 8.68. The molecular weight excluding hydrogens is 553 g/mol. The summed E-state index contributed by atoms with van der Waals surface area (Å²) < 4.78 is 6.45. The van der Waals surface area contributed by atoms with Gasteiger partial charge < -0.3 is 9.32 Å². The highest BCUT2D eigenvalue weighted by molar-refractivity contribution is 6.95. The summed E-state index contributed by atoms with van der Waals surface area (Å²) in [7, 11) is 1.03. The Morgan fingerprint density at radius 2 is 1.09 bits per heavy atom. The van der Waals surface area contributed by atoms with Crippen molar-refractivity contribution in [2.24, 2.45) is 0 Å². The van der Waals surface area contributed by atoms with Gasteiger partial charge in [-0.1, -0.05) is 131 Å². The van der Waals surface area contributed by atoms with Crippen LogP contribution in [0, 0.1) is 0 Å². The van der Waals surface area contributed by atoms with E-state index in [1.807, 2.05) is 30.3 Å². The molecule has 8 rings (SSSR count). The van der Waals surface area contributed by atoms with Gasteiger partial charge in [0.25, 0.3) is 0 Å². The highest BCUT2D eigenvalue weighted by Gasteiger charge is 2.20. The normalized spacial score (nSPS) is 11.5. The Kier molecular flexibility index (Phi) is 6.54. The Labute approximate surface area is 258 Å². The lowest BCUT2D eigenvalue weighted by molar-refractivity contribution is 0.623. The van der Waals surface area contributed by atoms with E-state index in [4.69, 9.17) is 9.40 Å². The van der Waals surface area contributed by atoms with Gasteiger partial charge in [-0.15, -0.1) is 0 Å². The van der Waals surface area contributed by atoms with Crippen LogP contribution in [-0.4, -0.2) is 20.8 Å². The molecule has 0 aliphatic heterocycles. The third kappa shape index (κ3) is 4.66. The van der Waals surface area contributed by atoms with E-state index in [2.05, 4.69) is 139 Å². The fraction of sp³-hybridized carbons (Fsp3) is 0.0250. The Bertz CT molecular complexity index is 2190.